The molecule has 1 aromatic carbocycles. The van der Waals surface area contributed by atoms with Crippen LogP contribution in [0.4, 0.5) is 0 Å². The van der Waals surface area contributed by atoms with E-state index in [2.05, 4.69) is 38.0 Å². The summed E-state index contributed by atoms with van der Waals surface area (Å²) in [6.45, 7) is 2.67. The second-order valence-corrected chi connectivity index (χ2v) is 5.13. The van der Waals surface area contributed by atoms with Gasteiger partial charge in [0.25, 0.3) is 0 Å². The zero-order chi connectivity index (χ0) is 13.0. The third-order valence-electron chi connectivity index (χ3n) is 2.63. The van der Waals surface area contributed by atoms with Crippen LogP contribution in [0.1, 0.15) is 17.9 Å². The summed E-state index contributed by atoms with van der Waals surface area (Å²) < 4.78 is 1.06. The lowest BCUT2D eigenvalue weighted by Crippen LogP contribution is -2.04. The Balaban J connectivity index is 2.35. The Kier molecular flexibility index (Phi) is 4.44. The first kappa shape index (κ1) is 13.2. The molecule has 0 bridgehead atoms. The highest BCUT2D eigenvalue weighted by Gasteiger charge is 2.05. The van der Waals surface area contributed by atoms with E-state index in [0.717, 1.165) is 40.1 Å². The molecule has 0 amide bonds. The maximum Gasteiger partial charge on any atom is 0.129 e. The van der Waals surface area contributed by atoms with Crippen LogP contribution < -0.4 is 5.73 Å². The van der Waals surface area contributed by atoms with E-state index in [0.29, 0.717) is 6.54 Å². The predicted molar refractivity (Wildman–Crippen MR) is 77.3 cm³/mol. The molecule has 0 fully saturated rings. The highest BCUT2D eigenvalue weighted by atomic mass is 79.9. The third-order valence-corrected chi connectivity index (χ3v) is 3.12. The highest BCUT2D eigenvalue weighted by molar-refractivity contribution is 9.10. The number of aromatic nitrogens is 2. The quantitative estimate of drug-likeness (QED) is 0.944. The van der Waals surface area contributed by atoms with Crippen molar-refractivity contribution in [3.05, 3.63) is 46.3 Å². The van der Waals surface area contributed by atoms with Gasteiger partial charge in [0, 0.05) is 22.2 Å². The zero-order valence-corrected chi connectivity index (χ0v) is 11.9. The number of rotatable bonds is 4. The normalized spacial score (nSPS) is 10.6. The van der Waals surface area contributed by atoms with Crippen molar-refractivity contribution in [1.82, 2.24) is 9.97 Å². The Bertz CT molecular complexity index is 540. The van der Waals surface area contributed by atoms with Crippen LogP contribution in [0.3, 0.4) is 0 Å². The summed E-state index contributed by atoms with van der Waals surface area (Å²) in [7, 11) is 0. The van der Waals surface area contributed by atoms with Gasteiger partial charge in [-0.3, -0.25) is 0 Å². The van der Waals surface area contributed by atoms with Crippen molar-refractivity contribution in [3.63, 3.8) is 0 Å². The SMILES string of the molecule is Cc1cc(-c2cccc(Br)c2)nc(CCCN)n1. The molecule has 0 radical (unpaired) electrons. The number of nitrogens with two attached hydrogens (primary N) is 1. The Hall–Kier alpha value is -1.26. The van der Waals surface area contributed by atoms with Crippen LogP contribution in [0.25, 0.3) is 11.3 Å². The summed E-state index contributed by atoms with van der Waals surface area (Å²) in [5.74, 6) is 0.871. The standard InChI is InChI=1S/C14H16BrN3/c1-10-8-13(11-4-2-5-12(15)9-11)18-14(17-10)6-3-7-16/h2,4-5,8-9H,3,6-7,16H2,1H3. The fraction of sp³-hybridized carbons (Fsp3) is 0.286. The topological polar surface area (TPSA) is 51.8 Å². The molecule has 0 atom stereocenters. The van der Waals surface area contributed by atoms with Crippen LogP contribution in [0.5, 0.6) is 0 Å². The largest absolute Gasteiger partial charge is 0.330 e. The minimum absolute atomic E-state index is 0.670. The van der Waals surface area contributed by atoms with Crippen molar-refractivity contribution in [2.24, 2.45) is 5.73 Å². The lowest BCUT2D eigenvalue weighted by Gasteiger charge is -2.06. The second-order valence-electron chi connectivity index (χ2n) is 4.21. The van der Waals surface area contributed by atoms with Gasteiger partial charge in [-0.05, 0) is 38.1 Å². The summed E-state index contributed by atoms with van der Waals surface area (Å²) >= 11 is 3.48. The van der Waals surface area contributed by atoms with Gasteiger partial charge < -0.3 is 5.73 Å². The molecular weight excluding hydrogens is 290 g/mol. The molecule has 0 saturated carbocycles. The monoisotopic (exact) mass is 305 g/mol. The molecule has 0 aliphatic rings. The molecule has 0 aliphatic heterocycles. The van der Waals surface area contributed by atoms with E-state index in [1.807, 2.05) is 25.1 Å². The molecule has 2 rings (SSSR count). The Morgan fingerprint density at radius 3 is 2.78 bits per heavy atom. The summed E-state index contributed by atoms with van der Waals surface area (Å²) in [5, 5.41) is 0. The number of hydrogen-bond donors (Lipinski definition) is 1. The molecule has 0 unspecified atom stereocenters. The minimum Gasteiger partial charge on any atom is -0.330 e. The fourth-order valence-electron chi connectivity index (χ4n) is 1.80. The van der Waals surface area contributed by atoms with Gasteiger partial charge in [0.2, 0.25) is 0 Å². The van der Waals surface area contributed by atoms with Gasteiger partial charge >= 0.3 is 0 Å². The average molecular weight is 306 g/mol. The number of nitrogens with zero attached hydrogens (tertiary/aromatic N) is 2. The molecule has 1 aromatic heterocycles. The molecule has 0 spiro atoms. The third kappa shape index (κ3) is 3.37. The highest BCUT2D eigenvalue weighted by Crippen LogP contribution is 2.22. The molecule has 0 saturated heterocycles. The van der Waals surface area contributed by atoms with Crippen LogP contribution in [0, 0.1) is 6.92 Å². The van der Waals surface area contributed by atoms with E-state index in [1.165, 1.54) is 0 Å². The summed E-state index contributed by atoms with van der Waals surface area (Å²) in [5.41, 5.74) is 8.58. The van der Waals surface area contributed by atoms with Crippen LogP contribution in [0.15, 0.2) is 34.8 Å². The Morgan fingerprint density at radius 2 is 2.06 bits per heavy atom. The van der Waals surface area contributed by atoms with Gasteiger partial charge in [-0.25, -0.2) is 9.97 Å². The van der Waals surface area contributed by atoms with E-state index in [4.69, 9.17) is 5.73 Å². The van der Waals surface area contributed by atoms with Crippen LogP contribution in [-0.4, -0.2) is 16.5 Å². The van der Waals surface area contributed by atoms with Crippen molar-refractivity contribution >= 4 is 15.9 Å². The minimum atomic E-state index is 0.670. The van der Waals surface area contributed by atoms with Crippen LogP contribution >= 0.6 is 15.9 Å². The molecule has 94 valence electrons. The molecule has 0 aliphatic carbocycles. The van der Waals surface area contributed by atoms with E-state index < -0.39 is 0 Å². The lowest BCUT2D eigenvalue weighted by atomic mass is 10.1. The van der Waals surface area contributed by atoms with E-state index in [9.17, 15) is 0 Å². The summed E-state index contributed by atoms with van der Waals surface area (Å²) in [6.07, 6.45) is 1.75. The first-order chi connectivity index (χ1) is 8.69. The van der Waals surface area contributed by atoms with Crippen molar-refractivity contribution in [3.8, 4) is 11.3 Å². The van der Waals surface area contributed by atoms with Crippen LogP contribution in [-0.2, 0) is 6.42 Å². The summed E-state index contributed by atoms with van der Waals surface area (Å²) in [6, 6.07) is 10.1. The van der Waals surface area contributed by atoms with Gasteiger partial charge in [-0.2, -0.15) is 0 Å². The van der Waals surface area contributed by atoms with Gasteiger partial charge in [-0.15, -0.1) is 0 Å². The van der Waals surface area contributed by atoms with Gasteiger partial charge in [0.1, 0.15) is 5.82 Å². The summed E-state index contributed by atoms with van der Waals surface area (Å²) in [4.78, 5) is 9.04. The van der Waals surface area contributed by atoms with Gasteiger partial charge in [0.05, 0.1) is 5.69 Å². The van der Waals surface area contributed by atoms with Crippen LogP contribution in [0.2, 0.25) is 0 Å². The first-order valence-electron chi connectivity index (χ1n) is 5.99. The van der Waals surface area contributed by atoms with Crippen molar-refractivity contribution in [2.45, 2.75) is 19.8 Å². The molecule has 3 nitrogen and oxygen atoms in total. The van der Waals surface area contributed by atoms with E-state index in [-0.39, 0.29) is 0 Å². The Morgan fingerprint density at radius 1 is 1.22 bits per heavy atom. The molecule has 2 aromatic rings. The van der Waals surface area contributed by atoms with Gasteiger partial charge in [-0.1, -0.05) is 28.1 Å². The number of benzene rings is 1. The van der Waals surface area contributed by atoms with Gasteiger partial charge in [0.15, 0.2) is 0 Å². The first-order valence-corrected chi connectivity index (χ1v) is 6.79. The second kappa shape index (κ2) is 6.07. The molecule has 1 heterocycles. The lowest BCUT2D eigenvalue weighted by molar-refractivity contribution is 0.777. The van der Waals surface area contributed by atoms with Crippen molar-refractivity contribution < 1.29 is 0 Å². The van der Waals surface area contributed by atoms with Crippen molar-refractivity contribution in [2.75, 3.05) is 6.54 Å². The smallest absolute Gasteiger partial charge is 0.129 e. The molecule has 4 heteroatoms. The van der Waals surface area contributed by atoms with E-state index in [1.54, 1.807) is 0 Å². The maximum atomic E-state index is 5.52. The zero-order valence-electron chi connectivity index (χ0n) is 10.4. The molecule has 2 N–H and O–H groups in total. The predicted octanol–water partition coefficient (Wildman–Crippen LogP) is 3.11. The number of hydrogen-bond acceptors (Lipinski definition) is 3. The maximum absolute atomic E-state index is 5.52. The fourth-order valence-corrected chi connectivity index (χ4v) is 2.20. The molecule has 18 heavy (non-hydrogen) atoms. The average Bonchev–Trinajstić information content (AvgIpc) is 2.36. The molecular formula is C14H16BrN3. The van der Waals surface area contributed by atoms with E-state index >= 15 is 0 Å². The number of aryl methyl sites for hydroxylation is 2. The number of halogens is 1. The van der Waals surface area contributed by atoms with Crippen molar-refractivity contribution in [1.29, 1.82) is 0 Å². The Labute approximate surface area is 116 Å².